The lowest BCUT2D eigenvalue weighted by Crippen LogP contribution is -2.49. The predicted molar refractivity (Wildman–Crippen MR) is 183 cm³/mol. The number of hydrogen-bond acceptors (Lipinski definition) is 6. The molecule has 4 aliphatic rings. The molecule has 3 fully saturated rings. The Morgan fingerprint density at radius 3 is 2.20 bits per heavy atom. The number of carbonyl (C=O) groups excluding carboxylic acids is 4. The van der Waals surface area contributed by atoms with E-state index in [2.05, 4.69) is 5.32 Å². The molecule has 11 heteroatoms. The number of carbonyl (C=O) groups is 4. The zero-order chi connectivity index (χ0) is 35.1. The molecule has 8 rings (SSSR count). The molecule has 0 radical (unpaired) electrons. The molecular formula is C39H30ClF2N3O5. The van der Waals surface area contributed by atoms with Gasteiger partial charge in [-0.2, -0.15) is 0 Å². The normalized spacial score (nSPS) is 27.2. The molecule has 6 atom stereocenters. The first-order valence-electron chi connectivity index (χ1n) is 16.3. The van der Waals surface area contributed by atoms with Gasteiger partial charge in [-0.25, -0.2) is 13.7 Å². The SMILES string of the molecule is C[C@@]12C(=O)N(c3ccc(F)c(Cl)c3)C(=O)[C@@H]1C[C@@H]1C(=CC[C@@H]3C(=O)N(c4ccc(Nc5ccccc5)cc4)C(=O)[C@@H]31)[C@@H]2c1cccc(F)c1O. The predicted octanol–water partition coefficient (Wildman–Crippen LogP) is 7.50. The molecule has 8 nitrogen and oxygen atoms in total. The Labute approximate surface area is 291 Å². The summed E-state index contributed by atoms with van der Waals surface area (Å²) in [5.41, 5.74) is 1.29. The van der Waals surface area contributed by atoms with Crippen molar-refractivity contribution in [3.05, 3.63) is 125 Å². The van der Waals surface area contributed by atoms with Gasteiger partial charge in [0.05, 0.1) is 39.6 Å². The minimum atomic E-state index is -1.52. The van der Waals surface area contributed by atoms with E-state index in [1.807, 2.05) is 36.4 Å². The van der Waals surface area contributed by atoms with Gasteiger partial charge < -0.3 is 10.4 Å². The number of amides is 4. The molecule has 1 saturated carbocycles. The van der Waals surface area contributed by atoms with Crippen LogP contribution >= 0.6 is 11.6 Å². The van der Waals surface area contributed by atoms with Crippen LogP contribution < -0.4 is 15.1 Å². The second kappa shape index (κ2) is 11.6. The standard InChI is InChI=1S/C39H30ClF2N3O5/c1-39-28(36(48)45(38(39)50)23-14-17-30(41)29(40)18-23)19-27-24(33(39)26-8-5-9-31(42)34(26)46)15-16-25-32(27)37(49)44(35(25)47)22-12-10-21(11-13-22)43-20-6-3-2-4-7-20/h2-15,17-18,25,27-28,32-33,43,46H,16,19H2,1H3/t25-,27+,28-,32-,33+,39+/m0/s1. The highest BCUT2D eigenvalue weighted by Gasteiger charge is 2.68. The Morgan fingerprint density at radius 1 is 0.780 bits per heavy atom. The van der Waals surface area contributed by atoms with Crippen LogP contribution in [0.4, 0.5) is 31.5 Å². The first-order valence-corrected chi connectivity index (χ1v) is 16.7. The van der Waals surface area contributed by atoms with Crippen molar-refractivity contribution in [3.63, 3.8) is 0 Å². The molecule has 4 aromatic carbocycles. The van der Waals surface area contributed by atoms with E-state index in [-0.39, 0.29) is 35.0 Å². The summed E-state index contributed by atoms with van der Waals surface area (Å²) in [6, 6.07) is 24.1. The fraction of sp³-hybridized carbons (Fsp3) is 0.231. The summed E-state index contributed by atoms with van der Waals surface area (Å²) in [6.07, 6.45) is 2.05. The van der Waals surface area contributed by atoms with Crippen molar-refractivity contribution >= 4 is 58.0 Å². The van der Waals surface area contributed by atoms with Crippen molar-refractivity contribution < 1.29 is 33.1 Å². The minimum absolute atomic E-state index is 0.0544. The van der Waals surface area contributed by atoms with E-state index in [9.17, 15) is 33.1 Å². The van der Waals surface area contributed by atoms with Crippen LogP contribution in [0.3, 0.4) is 0 Å². The summed E-state index contributed by atoms with van der Waals surface area (Å²) in [5.74, 6) is -8.57. The molecule has 2 heterocycles. The number of anilines is 4. The number of imide groups is 2. The molecule has 0 unspecified atom stereocenters. The van der Waals surface area contributed by atoms with Gasteiger partial charge in [0.1, 0.15) is 5.82 Å². The van der Waals surface area contributed by atoms with E-state index < -0.39 is 70.1 Å². The maximum Gasteiger partial charge on any atom is 0.241 e. The number of halogens is 3. The highest BCUT2D eigenvalue weighted by molar-refractivity contribution is 6.32. The van der Waals surface area contributed by atoms with E-state index >= 15 is 0 Å². The van der Waals surface area contributed by atoms with Gasteiger partial charge in [0.25, 0.3) is 0 Å². The van der Waals surface area contributed by atoms with Crippen LogP contribution in [-0.2, 0) is 19.2 Å². The summed E-state index contributed by atoms with van der Waals surface area (Å²) in [7, 11) is 0. The van der Waals surface area contributed by atoms with Gasteiger partial charge in [-0.15, -0.1) is 0 Å². The second-order valence-corrected chi connectivity index (χ2v) is 13.9. The van der Waals surface area contributed by atoms with Gasteiger partial charge in [-0.05, 0) is 86.3 Å². The quantitative estimate of drug-likeness (QED) is 0.166. The number of aromatic hydroxyl groups is 1. The van der Waals surface area contributed by atoms with Gasteiger partial charge in [0, 0.05) is 22.9 Å². The summed E-state index contributed by atoms with van der Waals surface area (Å²) < 4.78 is 29.1. The number of benzene rings is 4. The molecular weight excluding hydrogens is 664 g/mol. The summed E-state index contributed by atoms with van der Waals surface area (Å²) in [5, 5.41) is 14.1. The fourth-order valence-corrected chi connectivity index (χ4v) is 8.81. The molecule has 252 valence electrons. The number of fused-ring (bicyclic) bond motifs is 4. The summed E-state index contributed by atoms with van der Waals surface area (Å²) >= 11 is 6.05. The zero-order valence-electron chi connectivity index (χ0n) is 26.6. The lowest BCUT2D eigenvalue weighted by Gasteiger charge is -2.49. The van der Waals surface area contributed by atoms with Crippen LogP contribution in [0, 0.1) is 40.7 Å². The zero-order valence-corrected chi connectivity index (χ0v) is 27.4. The van der Waals surface area contributed by atoms with Crippen molar-refractivity contribution in [1.82, 2.24) is 0 Å². The Morgan fingerprint density at radius 2 is 1.48 bits per heavy atom. The van der Waals surface area contributed by atoms with Gasteiger partial charge in [0.2, 0.25) is 23.6 Å². The first kappa shape index (κ1) is 31.9. The average Bonchev–Trinajstić information content (AvgIpc) is 3.48. The lowest BCUT2D eigenvalue weighted by molar-refractivity contribution is -0.131. The van der Waals surface area contributed by atoms with Crippen LogP contribution in [0.15, 0.2) is 103 Å². The summed E-state index contributed by atoms with van der Waals surface area (Å²) in [6.45, 7) is 1.61. The van der Waals surface area contributed by atoms with E-state index in [0.717, 1.165) is 28.4 Å². The van der Waals surface area contributed by atoms with Gasteiger partial charge in [-0.1, -0.05) is 53.6 Å². The molecule has 0 spiro atoms. The number of phenolic OH excluding ortho intramolecular Hbond substituents is 1. The smallest absolute Gasteiger partial charge is 0.241 e. The number of nitrogens with one attached hydrogen (secondary N) is 1. The molecule has 50 heavy (non-hydrogen) atoms. The van der Waals surface area contributed by atoms with Gasteiger partial charge in [-0.3, -0.25) is 24.1 Å². The molecule has 0 bridgehead atoms. The number of nitrogens with zero attached hydrogens (tertiary/aromatic N) is 2. The van der Waals surface area contributed by atoms with Crippen molar-refractivity contribution in [2.75, 3.05) is 15.1 Å². The van der Waals surface area contributed by atoms with E-state index in [4.69, 9.17) is 11.6 Å². The minimum Gasteiger partial charge on any atom is -0.505 e. The first-order chi connectivity index (χ1) is 24.0. The van der Waals surface area contributed by atoms with Crippen LogP contribution in [0.1, 0.15) is 31.2 Å². The number of hydrogen-bond donors (Lipinski definition) is 2. The Bertz CT molecular complexity index is 2140. The Balaban J connectivity index is 1.19. The van der Waals surface area contributed by atoms with Crippen molar-refractivity contribution in [2.45, 2.75) is 25.7 Å². The molecule has 2 N–H and O–H groups in total. The van der Waals surface area contributed by atoms with Crippen LogP contribution in [0.2, 0.25) is 5.02 Å². The lowest BCUT2D eigenvalue weighted by atomic mass is 9.51. The largest absolute Gasteiger partial charge is 0.505 e. The van der Waals surface area contributed by atoms with Crippen molar-refractivity contribution in [3.8, 4) is 5.75 Å². The topological polar surface area (TPSA) is 107 Å². The third-order valence-electron chi connectivity index (χ3n) is 11.0. The third-order valence-corrected chi connectivity index (χ3v) is 11.2. The van der Waals surface area contributed by atoms with Crippen molar-refractivity contribution in [1.29, 1.82) is 0 Å². The molecule has 2 aliphatic carbocycles. The molecule has 4 aromatic rings. The van der Waals surface area contributed by atoms with Crippen LogP contribution in [0.25, 0.3) is 0 Å². The van der Waals surface area contributed by atoms with Crippen LogP contribution in [0.5, 0.6) is 5.75 Å². The number of rotatable bonds is 5. The number of phenols is 1. The highest BCUT2D eigenvalue weighted by atomic mass is 35.5. The highest BCUT2D eigenvalue weighted by Crippen LogP contribution is 2.64. The van der Waals surface area contributed by atoms with Gasteiger partial charge >= 0.3 is 0 Å². The third kappa shape index (κ3) is 4.61. The maximum absolute atomic E-state index is 15.0. The maximum atomic E-state index is 15.0. The molecule has 4 amide bonds. The molecule has 0 aromatic heterocycles. The average molecular weight is 694 g/mol. The Hall–Kier alpha value is -5.35. The van der Waals surface area contributed by atoms with E-state index in [1.54, 1.807) is 31.2 Å². The molecule has 2 saturated heterocycles. The monoisotopic (exact) mass is 693 g/mol. The Kier molecular flexibility index (Phi) is 7.41. The summed E-state index contributed by atoms with van der Waals surface area (Å²) in [4.78, 5) is 59.2. The second-order valence-electron chi connectivity index (χ2n) is 13.5. The number of allylic oxidation sites excluding steroid dienone is 2. The van der Waals surface area contributed by atoms with Crippen LogP contribution in [-0.4, -0.2) is 28.7 Å². The van der Waals surface area contributed by atoms with E-state index in [0.29, 0.717) is 11.3 Å². The number of para-hydroxylation sites is 2. The van der Waals surface area contributed by atoms with E-state index in [1.165, 1.54) is 29.2 Å². The van der Waals surface area contributed by atoms with Crippen molar-refractivity contribution in [2.24, 2.45) is 29.1 Å². The fourth-order valence-electron chi connectivity index (χ4n) is 8.63. The molecule has 2 aliphatic heterocycles. The van der Waals surface area contributed by atoms with Gasteiger partial charge in [0.15, 0.2) is 11.6 Å².